The van der Waals surface area contributed by atoms with Gasteiger partial charge in [0.05, 0.1) is 11.6 Å². The molecule has 3 atom stereocenters. The number of aromatic amines is 1. The number of carbonyl (C=O) groups excluding carboxylic acids is 1. The van der Waals surface area contributed by atoms with E-state index in [-0.39, 0.29) is 13.0 Å². The van der Waals surface area contributed by atoms with Gasteiger partial charge in [-0.15, -0.1) is 0 Å². The molecule has 0 bridgehead atoms. The molecule has 3 rings (SSSR count). The van der Waals surface area contributed by atoms with Gasteiger partial charge in [-0.2, -0.15) is 0 Å². The van der Waals surface area contributed by atoms with Gasteiger partial charge in [0.15, 0.2) is 0 Å². The van der Waals surface area contributed by atoms with Crippen LogP contribution >= 0.6 is 0 Å². The molecule has 0 radical (unpaired) electrons. The Morgan fingerprint density at radius 2 is 2.12 bits per heavy atom. The van der Waals surface area contributed by atoms with E-state index in [1.165, 1.54) is 16.8 Å². The first kappa shape index (κ1) is 17.5. The predicted molar refractivity (Wildman–Crippen MR) is 89.5 cm³/mol. The van der Waals surface area contributed by atoms with Gasteiger partial charge in [0.2, 0.25) is 0 Å². The SMILES string of the molecule is [N-]=[N+]=N[C@@H]1C[C@H](n2ccc(=O)[nH]c2=O)O[C@@H]1COC(=O)c1ccccc1. The Labute approximate surface area is 146 Å². The minimum atomic E-state index is -0.740. The van der Waals surface area contributed by atoms with Crippen LogP contribution in [0.4, 0.5) is 0 Å². The van der Waals surface area contributed by atoms with Crippen LogP contribution in [-0.2, 0) is 9.47 Å². The number of H-pyrrole nitrogens is 1. The van der Waals surface area contributed by atoms with E-state index < -0.39 is 35.6 Å². The van der Waals surface area contributed by atoms with Crippen molar-refractivity contribution >= 4 is 5.97 Å². The lowest BCUT2D eigenvalue weighted by Gasteiger charge is -2.16. The van der Waals surface area contributed by atoms with E-state index in [1.807, 2.05) is 0 Å². The first-order chi connectivity index (χ1) is 12.6. The molecule has 2 aromatic rings. The Hall–Kier alpha value is -3.36. The lowest BCUT2D eigenvalue weighted by Crippen LogP contribution is -2.32. The fourth-order valence-corrected chi connectivity index (χ4v) is 2.69. The summed E-state index contributed by atoms with van der Waals surface area (Å²) in [7, 11) is 0. The van der Waals surface area contributed by atoms with Crippen molar-refractivity contribution in [1.82, 2.24) is 9.55 Å². The van der Waals surface area contributed by atoms with E-state index in [1.54, 1.807) is 30.3 Å². The van der Waals surface area contributed by atoms with E-state index in [0.29, 0.717) is 5.56 Å². The summed E-state index contributed by atoms with van der Waals surface area (Å²) in [6.07, 6.45) is 0.0682. The molecule has 0 saturated carbocycles. The fourth-order valence-electron chi connectivity index (χ4n) is 2.69. The number of carbonyl (C=O) groups is 1. The number of nitrogens with one attached hydrogen (secondary N) is 1. The Morgan fingerprint density at radius 3 is 2.81 bits per heavy atom. The summed E-state index contributed by atoms with van der Waals surface area (Å²) in [5.74, 6) is -0.529. The van der Waals surface area contributed by atoms with Crippen LogP contribution < -0.4 is 11.2 Å². The maximum Gasteiger partial charge on any atom is 0.338 e. The number of hydrogen-bond acceptors (Lipinski definition) is 6. The molecule has 0 unspecified atom stereocenters. The Bertz CT molecular complexity index is 947. The molecule has 1 fully saturated rings. The summed E-state index contributed by atoms with van der Waals surface area (Å²) >= 11 is 0. The highest BCUT2D eigenvalue weighted by molar-refractivity contribution is 5.89. The number of rotatable bonds is 5. The van der Waals surface area contributed by atoms with Crippen LogP contribution in [0.5, 0.6) is 0 Å². The molecule has 1 saturated heterocycles. The Kier molecular flexibility index (Phi) is 5.16. The van der Waals surface area contributed by atoms with Crippen LogP contribution in [0.1, 0.15) is 23.0 Å². The molecule has 1 aliphatic heterocycles. The zero-order valence-corrected chi connectivity index (χ0v) is 13.5. The molecule has 1 N–H and O–H groups in total. The van der Waals surface area contributed by atoms with Gasteiger partial charge in [-0.3, -0.25) is 14.3 Å². The predicted octanol–water partition coefficient (Wildman–Crippen LogP) is 1.36. The summed E-state index contributed by atoms with van der Waals surface area (Å²) in [5.41, 5.74) is 7.96. The van der Waals surface area contributed by atoms with E-state index >= 15 is 0 Å². The largest absolute Gasteiger partial charge is 0.459 e. The summed E-state index contributed by atoms with van der Waals surface area (Å²) in [4.78, 5) is 40.0. The van der Waals surface area contributed by atoms with Crippen molar-refractivity contribution in [2.45, 2.75) is 24.8 Å². The lowest BCUT2D eigenvalue weighted by atomic mass is 10.1. The average molecular weight is 357 g/mol. The van der Waals surface area contributed by atoms with Gasteiger partial charge < -0.3 is 9.47 Å². The lowest BCUT2D eigenvalue weighted by molar-refractivity contribution is -0.0362. The van der Waals surface area contributed by atoms with Crippen LogP contribution in [0, 0.1) is 0 Å². The highest BCUT2D eigenvalue weighted by atomic mass is 16.6. The zero-order valence-electron chi connectivity index (χ0n) is 13.5. The standard InChI is InChI=1S/C16H15N5O5/c17-20-19-11-8-14(21-7-6-13(22)18-16(21)24)26-12(11)9-25-15(23)10-4-2-1-3-5-10/h1-7,11-12,14H,8-9H2,(H,18,22,24)/t11-,12-,14-/m1/s1. The maximum absolute atomic E-state index is 12.0. The second-order valence-electron chi connectivity index (χ2n) is 5.62. The van der Waals surface area contributed by atoms with Crippen molar-refractivity contribution in [1.29, 1.82) is 0 Å². The molecular weight excluding hydrogens is 342 g/mol. The molecule has 10 nitrogen and oxygen atoms in total. The van der Waals surface area contributed by atoms with Crippen molar-refractivity contribution in [2.75, 3.05) is 6.61 Å². The first-order valence-corrected chi connectivity index (χ1v) is 7.82. The number of aromatic nitrogens is 2. The second-order valence-corrected chi connectivity index (χ2v) is 5.62. The number of esters is 1. The van der Waals surface area contributed by atoms with Crippen molar-refractivity contribution in [2.24, 2.45) is 5.11 Å². The van der Waals surface area contributed by atoms with Crippen molar-refractivity contribution < 1.29 is 14.3 Å². The average Bonchev–Trinajstić information content (AvgIpc) is 3.03. The minimum Gasteiger partial charge on any atom is -0.459 e. The van der Waals surface area contributed by atoms with Gasteiger partial charge in [0, 0.05) is 23.6 Å². The van der Waals surface area contributed by atoms with E-state index in [2.05, 4.69) is 15.0 Å². The molecule has 26 heavy (non-hydrogen) atoms. The van der Waals surface area contributed by atoms with Crippen molar-refractivity contribution in [3.05, 3.63) is 79.4 Å². The molecule has 0 amide bonds. The van der Waals surface area contributed by atoms with Crippen LogP contribution in [-0.4, -0.2) is 34.3 Å². The third kappa shape index (κ3) is 3.82. The highest BCUT2D eigenvalue weighted by Gasteiger charge is 2.37. The third-order valence-electron chi connectivity index (χ3n) is 3.95. The molecule has 1 aromatic heterocycles. The normalized spacial score (nSPS) is 21.8. The summed E-state index contributed by atoms with van der Waals surface area (Å²) < 4.78 is 12.1. The number of nitrogens with zero attached hydrogens (tertiary/aromatic N) is 4. The second kappa shape index (κ2) is 7.68. The molecule has 1 aromatic carbocycles. The van der Waals surface area contributed by atoms with Crippen LogP contribution in [0.25, 0.3) is 10.4 Å². The summed E-state index contributed by atoms with van der Waals surface area (Å²) in [6, 6.07) is 9.01. The smallest absolute Gasteiger partial charge is 0.338 e. The van der Waals surface area contributed by atoms with Crippen LogP contribution in [0.15, 0.2) is 57.3 Å². The van der Waals surface area contributed by atoms with Gasteiger partial charge in [0.25, 0.3) is 5.56 Å². The summed E-state index contributed by atoms with van der Waals surface area (Å²) in [6.45, 7) is -0.133. The Balaban J connectivity index is 1.71. The molecule has 1 aliphatic rings. The first-order valence-electron chi connectivity index (χ1n) is 7.82. The monoisotopic (exact) mass is 357 g/mol. The number of benzene rings is 1. The van der Waals surface area contributed by atoms with Gasteiger partial charge in [0.1, 0.15) is 18.9 Å². The third-order valence-corrected chi connectivity index (χ3v) is 3.95. The number of azide groups is 1. The maximum atomic E-state index is 12.0. The highest BCUT2D eigenvalue weighted by Crippen LogP contribution is 2.30. The molecule has 134 valence electrons. The minimum absolute atomic E-state index is 0.133. The number of ether oxygens (including phenoxy) is 2. The van der Waals surface area contributed by atoms with Gasteiger partial charge in [-0.25, -0.2) is 9.59 Å². The topological polar surface area (TPSA) is 139 Å². The van der Waals surface area contributed by atoms with Crippen LogP contribution in [0.2, 0.25) is 0 Å². The van der Waals surface area contributed by atoms with Gasteiger partial charge >= 0.3 is 11.7 Å². The zero-order chi connectivity index (χ0) is 18.5. The number of hydrogen-bond donors (Lipinski definition) is 1. The molecular formula is C16H15N5O5. The molecule has 0 aliphatic carbocycles. The van der Waals surface area contributed by atoms with Gasteiger partial charge in [-0.1, -0.05) is 23.3 Å². The Morgan fingerprint density at radius 1 is 1.35 bits per heavy atom. The summed E-state index contributed by atoms with van der Waals surface area (Å²) in [5, 5.41) is 3.66. The van der Waals surface area contributed by atoms with Gasteiger partial charge in [-0.05, 0) is 17.7 Å². The van der Waals surface area contributed by atoms with Crippen molar-refractivity contribution in [3.8, 4) is 0 Å². The van der Waals surface area contributed by atoms with E-state index in [4.69, 9.17) is 15.0 Å². The van der Waals surface area contributed by atoms with Crippen molar-refractivity contribution in [3.63, 3.8) is 0 Å². The molecule has 10 heteroatoms. The van der Waals surface area contributed by atoms with Crippen LogP contribution in [0.3, 0.4) is 0 Å². The molecule has 2 heterocycles. The molecule has 0 spiro atoms. The quantitative estimate of drug-likeness (QED) is 0.372. The van der Waals surface area contributed by atoms with E-state index in [0.717, 1.165) is 0 Å². The fraction of sp³-hybridized carbons (Fsp3) is 0.312. The van der Waals surface area contributed by atoms with E-state index in [9.17, 15) is 14.4 Å².